The Morgan fingerprint density at radius 3 is 2.70 bits per heavy atom. The number of rotatable bonds is 3. The molecule has 0 aliphatic rings. The van der Waals surface area contributed by atoms with Crippen molar-refractivity contribution < 1.29 is 0 Å². The lowest BCUT2D eigenvalue weighted by Gasteiger charge is -1.93. The van der Waals surface area contributed by atoms with E-state index in [1.807, 2.05) is 6.07 Å². The highest BCUT2D eigenvalue weighted by Crippen LogP contribution is 2.10. The minimum atomic E-state index is 0.874. The van der Waals surface area contributed by atoms with Crippen molar-refractivity contribution in [3.8, 4) is 0 Å². The monoisotopic (exact) mass is 266 g/mol. The Morgan fingerprint density at radius 1 is 1.40 bits per heavy atom. The van der Waals surface area contributed by atoms with E-state index in [1.165, 1.54) is 0 Å². The predicted molar refractivity (Wildman–Crippen MR) is 51.6 cm³/mol. The fraction of sp³-hybridized carbons (Fsp3) is 0.333. The molecule has 1 heterocycles. The number of hydrogen-bond acceptors (Lipinski definition) is 3. The Kier molecular flexibility index (Phi) is 4.04. The van der Waals surface area contributed by atoms with Gasteiger partial charge in [-0.05, 0) is 6.07 Å². The maximum atomic E-state index is 4.06. The van der Waals surface area contributed by atoms with Crippen LogP contribution in [0.3, 0.4) is 0 Å². The smallest absolute Gasteiger partial charge is 0.187 e. The fourth-order valence-electron chi connectivity index (χ4n) is 0.490. The molecule has 0 bridgehead atoms. The molecule has 54 valence electrons. The van der Waals surface area contributed by atoms with Crippen LogP contribution in [0, 0.1) is 0 Å². The molecule has 0 spiro atoms. The van der Waals surface area contributed by atoms with E-state index in [-0.39, 0.29) is 0 Å². The van der Waals surface area contributed by atoms with E-state index in [1.54, 1.807) is 24.2 Å². The second kappa shape index (κ2) is 4.90. The summed E-state index contributed by atoms with van der Waals surface area (Å²) in [7, 11) is 0. The summed E-state index contributed by atoms with van der Waals surface area (Å²) < 4.78 is 1.14. The van der Waals surface area contributed by atoms with Crippen LogP contribution in [-0.2, 0) is 0 Å². The van der Waals surface area contributed by atoms with Gasteiger partial charge in [0.15, 0.2) is 5.16 Å². The van der Waals surface area contributed by atoms with E-state index in [2.05, 4.69) is 32.6 Å². The van der Waals surface area contributed by atoms with Crippen LogP contribution in [0.5, 0.6) is 0 Å². The highest BCUT2D eigenvalue weighted by Gasteiger charge is 1.91. The molecule has 0 saturated heterocycles. The lowest BCUT2D eigenvalue weighted by Crippen LogP contribution is -1.85. The number of aromatic nitrogens is 2. The molecule has 0 N–H and O–H groups in total. The van der Waals surface area contributed by atoms with Gasteiger partial charge in [0.1, 0.15) is 0 Å². The van der Waals surface area contributed by atoms with Crippen molar-refractivity contribution in [1.29, 1.82) is 0 Å². The zero-order valence-corrected chi connectivity index (χ0v) is 8.30. The van der Waals surface area contributed by atoms with Gasteiger partial charge in [-0.25, -0.2) is 9.97 Å². The quantitative estimate of drug-likeness (QED) is 0.362. The second-order valence-corrected chi connectivity index (χ2v) is 3.71. The van der Waals surface area contributed by atoms with Crippen LogP contribution in [0.25, 0.3) is 0 Å². The Labute approximate surface area is 78.0 Å². The molecule has 1 aromatic heterocycles. The SMILES string of the molecule is ICCSc1ncccn1. The van der Waals surface area contributed by atoms with Crippen LogP contribution in [0.4, 0.5) is 0 Å². The van der Waals surface area contributed by atoms with Crippen LogP contribution < -0.4 is 0 Å². The van der Waals surface area contributed by atoms with Crippen molar-refractivity contribution in [2.45, 2.75) is 5.16 Å². The van der Waals surface area contributed by atoms with Crippen molar-refractivity contribution in [3.05, 3.63) is 18.5 Å². The first-order chi connectivity index (χ1) is 4.93. The number of nitrogens with zero attached hydrogens (tertiary/aromatic N) is 2. The molecule has 4 heteroatoms. The molecule has 0 aromatic carbocycles. The number of halogens is 1. The Balaban J connectivity index is 2.43. The van der Waals surface area contributed by atoms with E-state index < -0.39 is 0 Å². The van der Waals surface area contributed by atoms with Gasteiger partial charge in [-0.1, -0.05) is 34.4 Å². The third-order valence-electron chi connectivity index (χ3n) is 0.850. The standard InChI is InChI=1S/C6H7IN2S/c7-2-5-10-6-8-3-1-4-9-6/h1,3-4H,2,5H2. The molecule has 0 radical (unpaired) electrons. The first-order valence-corrected chi connectivity index (χ1v) is 5.40. The zero-order valence-electron chi connectivity index (χ0n) is 5.33. The third kappa shape index (κ3) is 2.83. The van der Waals surface area contributed by atoms with Gasteiger partial charge in [-0.2, -0.15) is 0 Å². The molecule has 0 amide bonds. The van der Waals surface area contributed by atoms with Crippen molar-refractivity contribution in [1.82, 2.24) is 9.97 Å². The summed E-state index contributed by atoms with van der Waals surface area (Å²) in [6.07, 6.45) is 3.53. The maximum Gasteiger partial charge on any atom is 0.187 e. The summed E-state index contributed by atoms with van der Waals surface area (Å²) in [5.41, 5.74) is 0. The zero-order chi connectivity index (χ0) is 7.23. The summed E-state index contributed by atoms with van der Waals surface area (Å²) >= 11 is 4.03. The van der Waals surface area contributed by atoms with Gasteiger partial charge in [-0.3, -0.25) is 0 Å². The predicted octanol–water partition coefficient (Wildman–Crippen LogP) is 2.00. The molecule has 0 aliphatic carbocycles. The lowest BCUT2D eigenvalue weighted by molar-refractivity contribution is 0.968. The van der Waals surface area contributed by atoms with Gasteiger partial charge in [0.2, 0.25) is 0 Å². The van der Waals surface area contributed by atoms with Gasteiger partial charge in [0.25, 0.3) is 0 Å². The molecule has 2 nitrogen and oxygen atoms in total. The van der Waals surface area contributed by atoms with E-state index in [9.17, 15) is 0 Å². The molecular weight excluding hydrogens is 259 g/mol. The molecule has 0 saturated carbocycles. The minimum Gasteiger partial charge on any atom is -0.231 e. The van der Waals surface area contributed by atoms with E-state index in [0.29, 0.717) is 0 Å². The van der Waals surface area contributed by atoms with Crippen LogP contribution in [0.15, 0.2) is 23.6 Å². The molecule has 0 atom stereocenters. The summed E-state index contributed by atoms with van der Waals surface area (Å²) in [6.45, 7) is 0. The lowest BCUT2D eigenvalue weighted by atomic mass is 10.7. The van der Waals surface area contributed by atoms with Crippen molar-refractivity contribution >= 4 is 34.4 Å². The maximum absolute atomic E-state index is 4.06. The van der Waals surface area contributed by atoms with Crippen LogP contribution in [0.1, 0.15) is 0 Å². The molecular formula is C6H7IN2S. The Hall–Kier alpha value is 0.160. The van der Waals surface area contributed by atoms with Gasteiger partial charge in [-0.15, -0.1) is 0 Å². The summed E-state index contributed by atoms with van der Waals surface area (Å²) in [6, 6.07) is 1.83. The average Bonchev–Trinajstić information content (AvgIpc) is 2.03. The highest BCUT2D eigenvalue weighted by molar-refractivity contribution is 14.1. The molecule has 0 aliphatic heterocycles. The van der Waals surface area contributed by atoms with Crippen LogP contribution in [-0.4, -0.2) is 20.1 Å². The number of thioether (sulfide) groups is 1. The fourth-order valence-corrected chi connectivity index (χ4v) is 1.68. The van der Waals surface area contributed by atoms with Crippen molar-refractivity contribution in [3.63, 3.8) is 0 Å². The number of hydrogen-bond donors (Lipinski definition) is 0. The van der Waals surface area contributed by atoms with Gasteiger partial charge >= 0.3 is 0 Å². The molecule has 1 rings (SSSR count). The summed E-state index contributed by atoms with van der Waals surface area (Å²) in [4.78, 5) is 8.13. The minimum absolute atomic E-state index is 0.874. The van der Waals surface area contributed by atoms with Gasteiger partial charge in [0, 0.05) is 22.6 Å². The Bertz CT molecular complexity index is 180. The normalized spacial score (nSPS) is 9.70. The Morgan fingerprint density at radius 2 is 2.10 bits per heavy atom. The first kappa shape index (κ1) is 8.26. The first-order valence-electron chi connectivity index (χ1n) is 2.89. The van der Waals surface area contributed by atoms with Crippen LogP contribution >= 0.6 is 34.4 Å². The highest BCUT2D eigenvalue weighted by atomic mass is 127. The largest absolute Gasteiger partial charge is 0.231 e. The average molecular weight is 266 g/mol. The molecule has 0 fully saturated rings. The topological polar surface area (TPSA) is 25.8 Å². The van der Waals surface area contributed by atoms with Crippen molar-refractivity contribution in [2.75, 3.05) is 10.2 Å². The van der Waals surface area contributed by atoms with E-state index in [0.717, 1.165) is 15.3 Å². The van der Waals surface area contributed by atoms with Gasteiger partial charge < -0.3 is 0 Å². The number of alkyl halides is 1. The van der Waals surface area contributed by atoms with Gasteiger partial charge in [0.05, 0.1) is 0 Å². The van der Waals surface area contributed by atoms with Crippen LogP contribution in [0.2, 0.25) is 0 Å². The van der Waals surface area contributed by atoms with E-state index in [4.69, 9.17) is 0 Å². The summed E-state index contributed by atoms with van der Waals surface area (Å²) in [5.74, 6) is 1.09. The second-order valence-electron chi connectivity index (χ2n) is 1.57. The van der Waals surface area contributed by atoms with E-state index >= 15 is 0 Å². The molecule has 0 unspecified atom stereocenters. The summed E-state index contributed by atoms with van der Waals surface area (Å²) in [5, 5.41) is 0.874. The third-order valence-corrected chi connectivity index (χ3v) is 3.00. The molecule has 10 heavy (non-hydrogen) atoms. The molecule has 1 aromatic rings. The van der Waals surface area contributed by atoms with Crippen molar-refractivity contribution in [2.24, 2.45) is 0 Å².